The summed E-state index contributed by atoms with van der Waals surface area (Å²) in [6.07, 6.45) is 7.00. The van der Waals surface area contributed by atoms with E-state index in [1.165, 1.54) is 142 Å². The summed E-state index contributed by atoms with van der Waals surface area (Å²) in [5.41, 5.74) is 24.3. The molecular formula is C74H76BN3. The lowest BCUT2D eigenvalue weighted by Crippen LogP contribution is -2.41. The van der Waals surface area contributed by atoms with Crippen LogP contribution in [0.1, 0.15) is 155 Å². The van der Waals surface area contributed by atoms with Crippen LogP contribution in [-0.2, 0) is 32.5 Å². The Hall–Kier alpha value is -7.04. The van der Waals surface area contributed by atoms with Gasteiger partial charge in [0.15, 0.2) is 7.28 Å². The number of rotatable bonds is 6. The van der Waals surface area contributed by atoms with E-state index in [1.807, 2.05) is 0 Å². The molecule has 390 valence electrons. The maximum Gasteiger partial charge on any atom is 0.198 e. The van der Waals surface area contributed by atoms with Crippen LogP contribution in [0.3, 0.4) is 0 Å². The molecule has 2 heterocycles. The quantitative estimate of drug-likeness (QED) is 0.168. The summed E-state index contributed by atoms with van der Waals surface area (Å²) in [4.78, 5) is 2.58. The molecule has 10 aromatic rings. The summed E-state index contributed by atoms with van der Waals surface area (Å²) in [5, 5.41) is 11.9. The van der Waals surface area contributed by atoms with Crippen molar-refractivity contribution in [2.75, 3.05) is 10.2 Å². The zero-order chi connectivity index (χ0) is 54.1. The van der Waals surface area contributed by atoms with E-state index >= 15 is 0 Å². The molecule has 4 aliphatic rings. The van der Waals surface area contributed by atoms with Gasteiger partial charge in [-0.15, -0.1) is 0 Å². The van der Waals surface area contributed by atoms with Crippen molar-refractivity contribution in [3.05, 3.63) is 191 Å². The van der Waals surface area contributed by atoms with Gasteiger partial charge in [-0.25, -0.2) is 0 Å². The molecule has 0 unspecified atom stereocenters. The van der Waals surface area contributed by atoms with Crippen molar-refractivity contribution < 1.29 is 0 Å². The van der Waals surface area contributed by atoms with Crippen molar-refractivity contribution in [3.8, 4) is 16.8 Å². The number of nitrogens with one attached hydrogen (secondary N) is 1. The molecule has 0 bridgehead atoms. The van der Waals surface area contributed by atoms with Gasteiger partial charge in [0.25, 0.3) is 0 Å². The summed E-state index contributed by atoms with van der Waals surface area (Å²) in [6.45, 7) is 29.7. The molecule has 4 heteroatoms. The Bertz CT molecular complexity index is 4160. The molecule has 0 radical (unpaired) electrons. The first kappa shape index (κ1) is 49.3. The average Bonchev–Trinajstić information content (AvgIpc) is 3.54. The van der Waals surface area contributed by atoms with Crippen molar-refractivity contribution in [1.29, 1.82) is 0 Å². The minimum absolute atomic E-state index is 0.0112. The third-order valence-electron chi connectivity index (χ3n) is 20.3. The predicted octanol–water partition coefficient (Wildman–Crippen LogP) is 18.7. The van der Waals surface area contributed by atoms with Crippen LogP contribution in [0.15, 0.2) is 158 Å². The van der Waals surface area contributed by atoms with Crippen LogP contribution in [0, 0.1) is 0 Å². The molecule has 9 aromatic carbocycles. The minimum atomic E-state index is -0.0112. The van der Waals surface area contributed by atoms with Gasteiger partial charge < -0.3 is 14.8 Å². The average molecular weight is 1020 g/mol. The second-order valence-electron chi connectivity index (χ2n) is 28.2. The van der Waals surface area contributed by atoms with E-state index < -0.39 is 0 Å². The number of para-hydroxylation sites is 1. The largest absolute Gasteiger partial charge is 0.355 e. The SMILES string of the molecule is CC1(C)CCC(C)(C)c2cc(Nc3cc4c(cc3-c3cc(N(c5ccccc5)c5ccc6ccccc6c5)c5c6c7ccccc7ccc6n6c5c3Bc3cc5c(cc3-6)C(C)(C)CCC5(C)C)C(C)(C)CCC4(C)C)ccc21. The number of nitrogens with zero attached hydrogens (tertiary/aromatic N) is 2. The fourth-order valence-electron chi connectivity index (χ4n) is 15.1. The van der Waals surface area contributed by atoms with Gasteiger partial charge in [0.2, 0.25) is 0 Å². The number of benzene rings is 9. The Kier molecular flexibility index (Phi) is 10.6. The Morgan fingerprint density at radius 1 is 0.423 bits per heavy atom. The van der Waals surface area contributed by atoms with E-state index in [0.717, 1.165) is 37.2 Å². The maximum atomic E-state index is 4.28. The summed E-state index contributed by atoms with van der Waals surface area (Å²) >= 11 is 0. The second kappa shape index (κ2) is 16.7. The first-order valence-electron chi connectivity index (χ1n) is 29.3. The highest BCUT2D eigenvalue weighted by Gasteiger charge is 2.42. The number of hydrogen-bond acceptors (Lipinski definition) is 2. The topological polar surface area (TPSA) is 20.2 Å². The molecule has 0 fully saturated rings. The lowest BCUT2D eigenvalue weighted by Gasteiger charge is -2.43. The monoisotopic (exact) mass is 1020 g/mol. The zero-order valence-electron chi connectivity index (χ0n) is 48.4. The van der Waals surface area contributed by atoms with Gasteiger partial charge in [-0.05, 0) is 204 Å². The third-order valence-corrected chi connectivity index (χ3v) is 20.3. The molecule has 1 aliphatic heterocycles. The number of hydrogen-bond donors (Lipinski definition) is 1. The fraction of sp³-hybridized carbons (Fsp3) is 0.324. The summed E-state index contributed by atoms with van der Waals surface area (Å²) < 4.78 is 2.73. The molecule has 3 nitrogen and oxygen atoms in total. The second-order valence-corrected chi connectivity index (χ2v) is 28.2. The van der Waals surface area contributed by atoms with E-state index in [2.05, 4.69) is 256 Å². The Balaban J connectivity index is 1.15. The standard InChI is InChI=1S/C74H76BN3/c1-69(2)32-33-70(3,4)55-39-48(28-30-54(55)69)76-61-43-58-56(71(5,6)34-36-73(58,9)10)40-52(61)53-41-64(77(49-23-14-13-15-24-49)50-29-26-45-20-16-17-22-47(45)38-50)66-65-51-25-19-18-21-46(51)27-31-62(65)78-63-44-59-57(42-60(63)75-67(53)68(66)78)72(7,8)35-37-74(59,11)12/h13-31,38-44,75-76H,32-37H2,1-12H3. The van der Waals surface area contributed by atoms with E-state index in [4.69, 9.17) is 0 Å². The lowest BCUT2D eigenvalue weighted by atomic mass is 9.55. The molecular weight excluding hydrogens is 942 g/mol. The highest BCUT2D eigenvalue weighted by atomic mass is 15.1. The van der Waals surface area contributed by atoms with Crippen molar-refractivity contribution in [3.63, 3.8) is 0 Å². The molecule has 0 saturated carbocycles. The van der Waals surface area contributed by atoms with Gasteiger partial charge in [-0.3, -0.25) is 0 Å². The van der Waals surface area contributed by atoms with E-state index in [9.17, 15) is 0 Å². The van der Waals surface area contributed by atoms with Gasteiger partial charge in [-0.1, -0.05) is 180 Å². The highest BCUT2D eigenvalue weighted by Crippen LogP contribution is 2.54. The normalized spacial score (nSPS) is 18.7. The number of fused-ring (bicyclic) bond motifs is 11. The molecule has 1 aromatic heterocycles. The van der Waals surface area contributed by atoms with Gasteiger partial charge >= 0.3 is 0 Å². The summed E-state index contributed by atoms with van der Waals surface area (Å²) in [6, 6.07) is 61.5. The van der Waals surface area contributed by atoms with E-state index in [0.29, 0.717) is 0 Å². The molecule has 1 N–H and O–H groups in total. The molecule has 0 atom stereocenters. The van der Waals surface area contributed by atoms with Gasteiger partial charge in [-0.2, -0.15) is 0 Å². The van der Waals surface area contributed by atoms with Gasteiger partial charge in [0, 0.05) is 44.8 Å². The minimum Gasteiger partial charge on any atom is -0.355 e. The third kappa shape index (κ3) is 7.44. The van der Waals surface area contributed by atoms with Crippen molar-refractivity contribution in [1.82, 2.24) is 4.57 Å². The van der Waals surface area contributed by atoms with Gasteiger partial charge in [0.1, 0.15) is 0 Å². The Morgan fingerprint density at radius 3 is 1.65 bits per heavy atom. The summed E-state index contributed by atoms with van der Waals surface area (Å²) in [5.74, 6) is 0. The molecule has 78 heavy (non-hydrogen) atoms. The van der Waals surface area contributed by atoms with Crippen molar-refractivity contribution in [2.24, 2.45) is 0 Å². The van der Waals surface area contributed by atoms with E-state index in [-0.39, 0.29) is 32.5 Å². The van der Waals surface area contributed by atoms with Crippen LogP contribution >= 0.6 is 0 Å². The summed E-state index contributed by atoms with van der Waals surface area (Å²) in [7, 11) is 0.828. The number of aromatic nitrogens is 1. The molecule has 3 aliphatic carbocycles. The first-order valence-corrected chi connectivity index (χ1v) is 29.3. The fourth-order valence-corrected chi connectivity index (χ4v) is 15.1. The molecule has 0 amide bonds. The van der Waals surface area contributed by atoms with Crippen LogP contribution in [0.2, 0.25) is 0 Å². The van der Waals surface area contributed by atoms with Gasteiger partial charge in [0.05, 0.1) is 16.7 Å². The Morgan fingerprint density at radius 2 is 0.974 bits per heavy atom. The van der Waals surface area contributed by atoms with Crippen LogP contribution < -0.4 is 21.1 Å². The van der Waals surface area contributed by atoms with Crippen LogP contribution in [0.4, 0.5) is 28.4 Å². The molecule has 14 rings (SSSR count). The number of anilines is 5. The van der Waals surface area contributed by atoms with Crippen LogP contribution in [0.25, 0.3) is 60.2 Å². The van der Waals surface area contributed by atoms with Crippen molar-refractivity contribution in [2.45, 2.75) is 154 Å². The van der Waals surface area contributed by atoms with Crippen LogP contribution in [0.5, 0.6) is 0 Å². The Labute approximate surface area is 464 Å². The van der Waals surface area contributed by atoms with Crippen LogP contribution in [-0.4, -0.2) is 11.8 Å². The molecule has 0 saturated heterocycles. The first-order chi connectivity index (χ1) is 37.1. The lowest BCUT2D eigenvalue weighted by molar-refractivity contribution is 0.332. The molecule has 0 spiro atoms. The zero-order valence-corrected chi connectivity index (χ0v) is 48.4. The van der Waals surface area contributed by atoms with Crippen molar-refractivity contribution >= 4 is 90.0 Å². The van der Waals surface area contributed by atoms with E-state index in [1.54, 1.807) is 0 Å². The smallest absolute Gasteiger partial charge is 0.198 e. The highest BCUT2D eigenvalue weighted by molar-refractivity contribution is 6.74. The maximum absolute atomic E-state index is 4.28. The predicted molar refractivity (Wildman–Crippen MR) is 338 cm³/mol.